The number of thiophene rings is 2. The molecule has 1 aliphatic rings. The van der Waals surface area contributed by atoms with Crippen LogP contribution in [0.2, 0.25) is 0 Å². The molecule has 3 heteroatoms. The molecule has 1 nitrogen and oxygen atoms in total. The Bertz CT molecular complexity index is 4180. The molecule has 0 bridgehead atoms. The van der Waals surface area contributed by atoms with Crippen molar-refractivity contribution >= 4 is 90.9 Å². The van der Waals surface area contributed by atoms with E-state index in [2.05, 4.69) is 255 Å². The van der Waals surface area contributed by atoms with Crippen LogP contribution in [-0.2, 0) is 5.41 Å². The Labute approximate surface area is 415 Å². The van der Waals surface area contributed by atoms with Crippen LogP contribution in [-0.4, -0.2) is 0 Å². The lowest BCUT2D eigenvalue weighted by molar-refractivity contribution is 0.660. The van der Waals surface area contributed by atoms with Gasteiger partial charge in [0.05, 0.1) is 0 Å². The van der Waals surface area contributed by atoms with Crippen molar-refractivity contribution in [1.82, 2.24) is 0 Å². The molecule has 0 unspecified atom stereocenters. The first-order valence-corrected chi connectivity index (χ1v) is 25.8. The van der Waals surface area contributed by atoms with Gasteiger partial charge in [-0.15, -0.1) is 22.7 Å². The Balaban J connectivity index is 0.947. The van der Waals surface area contributed by atoms with Crippen LogP contribution in [0.1, 0.15) is 25.0 Å². The van der Waals surface area contributed by atoms with E-state index in [-0.39, 0.29) is 5.41 Å². The zero-order valence-electron chi connectivity index (χ0n) is 38.8. The summed E-state index contributed by atoms with van der Waals surface area (Å²) in [5, 5.41) is 7.81. The highest BCUT2D eigenvalue weighted by Crippen LogP contribution is 2.53. The first-order chi connectivity index (χ1) is 34.5. The lowest BCUT2D eigenvalue weighted by Crippen LogP contribution is -2.16. The van der Waals surface area contributed by atoms with Crippen LogP contribution in [0.15, 0.2) is 237 Å². The number of hydrogen-bond acceptors (Lipinski definition) is 3. The van der Waals surface area contributed by atoms with Crippen molar-refractivity contribution in [3.8, 4) is 55.6 Å². The van der Waals surface area contributed by atoms with Crippen molar-refractivity contribution in [3.63, 3.8) is 0 Å². The maximum Gasteiger partial charge on any atom is 0.0465 e. The van der Waals surface area contributed by atoms with Gasteiger partial charge in [-0.2, -0.15) is 0 Å². The summed E-state index contributed by atoms with van der Waals surface area (Å²) in [7, 11) is 0. The Morgan fingerprint density at radius 2 is 0.800 bits per heavy atom. The van der Waals surface area contributed by atoms with Gasteiger partial charge >= 0.3 is 0 Å². The van der Waals surface area contributed by atoms with Crippen LogP contribution in [0.25, 0.3) is 107 Å². The molecule has 13 aromatic rings. The van der Waals surface area contributed by atoms with Gasteiger partial charge in [-0.3, -0.25) is 0 Å². The minimum absolute atomic E-state index is 0.134. The Kier molecular flexibility index (Phi) is 9.36. The van der Waals surface area contributed by atoms with Gasteiger partial charge in [-0.25, -0.2) is 0 Å². The Morgan fingerprint density at radius 1 is 0.314 bits per heavy atom. The minimum atomic E-state index is -0.134. The average molecular weight is 928 g/mol. The molecule has 2 aromatic heterocycles. The highest BCUT2D eigenvalue weighted by atomic mass is 32.1. The number of benzene rings is 11. The predicted octanol–water partition coefficient (Wildman–Crippen LogP) is 20.0. The summed E-state index contributed by atoms with van der Waals surface area (Å²) in [6.07, 6.45) is 0. The highest BCUT2D eigenvalue weighted by molar-refractivity contribution is 7.27. The maximum atomic E-state index is 2.45. The van der Waals surface area contributed by atoms with E-state index in [0.717, 1.165) is 17.1 Å². The molecule has 2 heterocycles. The summed E-state index contributed by atoms with van der Waals surface area (Å²) in [6, 6.07) is 88.0. The van der Waals surface area contributed by atoms with E-state index < -0.39 is 0 Å². The van der Waals surface area contributed by atoms with E-state index in [1.165, 1.54) is 118 Å². The van der Waals surface area contributed by atoms with Crippen LogP contribution < -0.4 is 4.90 Å². The SMILES string of the molecule is CC1(C)c2ccccc2-c2ccc(N(c3ccc(-c4cccc5c4sc4ccccc45)cc3)c3ccc(-c4c(-c5ccc(-c6ccccc6)cc5)c5ccccc5c5sc6ccccc6c45)cc3)cc21. The van der Waals surface area contributed by atoms with E-state index >= 15 is 0 Å². The van der Waals surface area contributed by atoms with Crippen molar-refractivity contribution < 1.29 is 0 Å². The maximum absolute atomic E-state index is 2.45. The summed E-state index contributed by atoms with van der Waals surface area (Å²) in [5.41, 5.74) is 18.5. The quantitative estimate of drug-likeness (QED) is 0.154. The molecule has 0 radical (unpaired) electrons. The molecule has 1 aliphatic carbocycles. The molecule has 0 fully saturated rings. The topological polar surface area (TPSA) is 3.24 Å². The normalized spacial score (nSPS) is 12.8. The molecule has 0 spiro atoms. The summed E-state index contributed by atoms with van der Waals surface area (Å²) in [4.78, 5) is 2.45. The van der Waals surface area contributed by atoms with Crippen molar-refractivity contribution in [2.24, 2.45) is 0 Å². The Morgan fingerprint density at radius 3 is 1.56 bits per heavy atom. The molecular formula is C67H45NS2. The monoisotopic (exact) mass is 927 g/mol. The standard InChI is InChI=1S/C67H45NS2/c1-67(2)58-24-11-8-17-51(58)52-40-39-49(41-59(52)67)68(47-35-31-44(32-36-47)50-22-14-23-55-53-18-9-12-25-60(53)69-65(50)55)48-37-33-46(34-38-48)63-62(45-29-27-43(28-30-45)42-15-4-3-5-16-42)54-19-6-7-20-56(54)66-64(63)57-21-10-13-26-61(57)70-66/h3-41H,1-2H3. The third kappa shape index (κ3) is 6.36. The third-order valence-electron chi connectivity index (χ3n) is 14.9. The van der Waals surface area contributed by atoms with Crippen LogP contribution in [0.5, 0.6) is 0 Å². The predicted molar refractivity (Wildman–Crippen MR) is 304 cm³/mol. The fraction of sp³-hybridized carbons (Fsp3) is 0.0448. The largest absolute Gasteiger partial charge is 0.310 e. The number of rotatable bonds is 7. The molecule has 330 valence electrons. The van der Waals surface area contributed by atoms with Crippen LogP contribution in [0.4, 0.5) is 17.1 Å². The molecule has 14 rings (SSSR count). The van der Waals surface area contributed by atoms with E-state index in [1.807, 2.05) is 22.7 Å². The second-order valence-electron chi connectivity index (χ2n) is 19.2. The second kappa shape index (κ2) is 16.0. The lowest BCUT2D eigenvalue weighted by Gasteiger charge is -2.28. The van der Waals surface area contributed by atoms with Crippen LogP contribution in [0.3, 0.4) is 0 Å². The van der Waals surface area contributed by atoms with Crippen molar-refractivity contribution in [2.45, 2.75) is 19.3 Å². The zero-order chi connectivity index (χ0) is 46.5. The van der Waals surface area contributed by atoms with Crippen molar-refractivity contribution in [3.05, 3.63) is 248 Å². The first kappa shape index (κ1) is 40.9. The zero-order valence-corrected chi connectivity index (χ0v) is 40.4. The summed E-state index contributed by atoms with van der Waals surface area (Å²) in [6.45, 7) is 4.74. The molecule has 0 saturated carbocycles. The van der Waals surface area contributed by atoms with E-state index in [1.54, 1.807) is 0 Å². The van der Waals surface area contributed by atoms with Crippen LogP contribution in [0, 0.1) is 0 Å². The smallest absolute Gasteiger partial charge is 0.0465 e. The third-order valence-corrected chi connectivity index (χ3v) is 17.3. The Hall–Kier alpha value is -8.08. The van der Waals surface area contributed by atoms with Gasteiger partial charge in [-0.05, 0) is 121 Å². The summed E-state index contributed by atoms with van der Waals surface area (Å²) < 4.78 is 5.28. The molecule has 11 aromatic carbocycles. The number of fused-ring (bicyclic) bond motifs is 11. The lowest BCUT2D eigenvalue weighted by atomic mass is 9.82. The van der Waals surface area contributed by atoms with Gasteiger partial charge in [0.2, 0.25) is 0 Å². The first-order valence-electron chi connectivity index (χ1n) is 24.2. The fourth-order valence-electron chi connectivity index (χ4n) is 11.5. The highest BCUT2D eigenvalue weighted by Gasteiger charge is 2.36. The number of hydrogen-bond donors (Lipinski definition) is 0. The average Bonchev–Trinajstić information content (AvgIpc) is 4.07. The van der Waals surface area contributed by atoms with E-state index in [0.29, 0.717) is 0 Å². The molecular weight excluding hydrogens is 883 g/mol. The van der Waals surface area contributed by atoms with Gasteiger partial charge in [0, 0.05) is 68.2 Å². The van der Waals surface area contributed by atoms with Gasteiger partial charge < -0.3 is 4.90 Å². The van der Waals surface area contributed by atoms with Crippen molar-refractivity contribution in [2.75, 3.05) is 4.90 Å². The second-order valence-corrected chi connectivity index (χ2v) is 21.3. The van der Waals surface area contributed by atoms with Crippen LogP contribution >= 0.6 is 22.7 Å². The molecule has 0 atom stereocenters. The van der Waals surface area contributed by atoms with Gasteiger partial charge in [0.1, 0.15) is 0 Å². The minimum Gasteiger partial charge on any atom is -0.310 e. The van der Waals surface area contributed by atoms with E-state index in [4.69, 9.17) is 0 Å². The van der Waals surface area contributed by atoms with Gasteiger partial charge in [0.15, 0.2) is 0 Å². The molecule has 0 saturated heterocycles. The molecule has 70 heavy (non-hydrogen) atoms. The van der Waals surface area contributed by atoms with Crippen molar-refractivity contribution in [1.29, 1.82) is 0 Å². The molecule has 0 N–H and O–H groups in total. The van der Waals surface area contributed by atoms with Gasteiger partial charge in [0.25, 0.3) is 0 Å². The van der Waals surface area contributed by atoms with Gasteiger partial charge in [-0.1, -0.05) is 202 Å². The number of anilines is 3. The fourth-order valence-corrected chi connectivity index (χ4v) is 14.0. The molecule has 0 amide bonds. The summed E-state index contributed by atoms with van der Waals surface area (Å²) >= 11 is 3.79. The van der Waals surface area contributed by atoms with E-state index in [9.17, 15) is 0 Å². The number of nitrogens with zero attached hydrogens (tertiary/aromatic N) is 1. The summed E-state index contributed by atoms with van der Waals surface area (Å²) in [5.74, 6) is 0. The molecule has 0 aliphatic heterocycles.